The number of hydrogen-bond donors (Lipinski definition) is 0. The van der Waals surface area contributed by atoms with Gasteiger partial charge >= 0.3 is 0 Å². The van der Waals surface area contributed by atoms with Crippen LogP contribution in [-0.4, -0.2) is 16.8 Å². The fourth-order valence-corrected chi connectivity index (χ4v) is 4.47. The number of benzene rings is 1. The molecule has 1 aliphatic carbocycles. The van der Waals surface area contributed by atoms with Crippen molar-refractivity contribution in [1.29, 1.82) is 0 Å². The molecule has 0 amide bonds. The third-order valence-corrected chi connectivity index (χ3v) is 6.58. The first-order valence-electron chi connectivity index (χ1n) is 11.9. The monoisotopic (exact) mass is 412 g/mol. The number of unbranched alkanes of at least 4 members (excludes halogenated alkanes) is 3. The Kier molecular flexibility index (Phi) is 9.10. The van der Waals surface area contributed by atoms with Crippen LogP contribution < -0.4 is 4.74 Å². The lowest BCUT2D eigenvalue weighted by Gasteiger charge is -2.27. The van der Waals surface area contributed by atoms with Crippen molar-refractivity contribution in [3.63, 3.8) is 0 Å². The lowest BCUT2D eigenvalue weighted by atomic mass is 9.78. The maximum atomic E-state index is 14.7. The minimum atomic E-state index is -0.218. The first-order valence-corrected chi connectivity index (χ1v) is 11.9. The second-order valence-corrected chi connectivity index (χ2v) is 8.81. The Hall–Kier alpha value is -1.97. The molecule has 0 radical (unpaired) electrons. The van der Waals surface area contributed by atoms with Crippen molar-refractivity contribution in [2.45, 2.75) is 84.5 Å². The Morgan fingerprint density at radius 3 is 2.40 bits per heavy atom. The van der Waals surface area contributed by atoms with Gasteiger partial charge < -0.3 is 4.74 Å². The molecule has 30 heavy (non-hydrogen) atoms. The number of nitrogens with zero attached hydrogens (tertiary/aromatic N) is 2. The molecule has 3 rings (SSSR count). The summed E-state index contributed by atoms with van der Waals surface area (Å²) < 4.78 is 20.3. The molecule has 2 aromatic rings. The minimum Gasteiger partial charge on any atom is -0.477 e. The van der Waals surface area contributed by atoms with Crippen LogP contribution in [-0.2, 0) is 6.42 Å². The smallest absolute Gasteiger partial charge is 0.233 e. The summed E-state index contributed by atoms with van der Waals surface area (Å²) in [5, 5.41) is 8.28. The number of hydrogen-bond acceptors (Lipinski definition) is 3. The zero-order valence-electron chi connectivity index (χ0n) is 18.7. The van der Waals surface area contributed by atoms with Crippen molar-refractivity contribution in [2.75, 3.05) is 6.61 Å². The van der Waals surface area contributed by atoms with Gasteiger partial charge in [0.05, 0.1) is 12.3 Å². The Bertz CT molecular complexity index is 754. The van der Waals surface area contributed by atoms with Gasteiger partial charge in [-0.25, -0.2) is 4.39 Å². The second-order valence-electron chi connectivity index (χ2n) is 8.81. The molecule has 1 aromatic heterocycles. The average Bonchev–Trinajstić information content (AvgIpc) is 2.78. The lowest BCUT2D eigenvalue weighted by molar-refractivity contribution is 0.259. The molecule has 164 valence electrons. The van der Waals surface area contributed by atoms with E-state index in [1.807, 2.05) is 12.1 Å². The summed E-state index contributed by atoms with van der Waals surface area (Å²) in [6.07, 6.45) is 13.5. The zero-order valence-corrected chi connectivity index (χ0v) is 18.7. The summed E-state index contributed by atoms with van der Waals surface area (Å²) in [6.45, 7) is 5.14. The summed E-state index contributed by atoms with van der Waals surface area (Å²) in [5.41, 5.74) is 2.13. The molecule has 0 bridgehead atoms. The molecule has 0 unspecified atom stereocenters. The van der Waals surface area contributed by atoms with Crippen LogP contribution in [0.2, 0.25) is 0 Å². The van der Waals surface area contributed by atoms with Crippen molar-refractivity contribution >= 4 is 0 Å². The normalized spacial score (nSPS) is 19.0. The molecule has 1 fully saturated rings. The molecule has 0 aliphatic heterocycles. The van der Waals surface area contributed by atoms with Crippen molar-refractivity contribution in [3.8, 4) is 17.1 Å². The molecule has 0 N–H and O–H groups in total. The van der Waals surface area contributed by atoms with E-state index in [1.54, 1.807) is 18.2 Å². The molecule has 4 heteroatoms. The average molecular weight is 413 g/mol. The molecule has 0 spiro atoms. The largest absolute Gasteiger partial charge is 0.477 e. The predicted octanol–water partition coefficient (Wildman–Crippen LogP) is 7.39. The summed E-state index contributed by atoms with van der Waals surface area (Å²) in [7, 11) is 0. The highest BCUT2D eigenvalue weighted by Crippen LogP contribution is 2.33. The van der Waals surface area contributed by atoms with Gasteiger partial charge in [-0.05, 0) is 54.9 Å². The van der Waals surface area contributed by atoms with E-state index >= 15 is 0 Å². The van der Waals surface area contributed by atoms with Crippen molar-refractivity contribution < 1.29 is 9.13 Å². The van der Waals surface area contributed by atoms with E-state index in [9.17, 15) is 4.39 Å². The molecule has 1 saturated carbocycles. The van der Waals surface area contributed by atoms with Crippen LogP contribution in [0.15, 0.2) is 30.3 Å². The zero-order chi connectivity index (χ0) is 21.2. The molecular weight excluding hydrogens is 375 g/mol. The van der Waals surface area contributed by atoms with Crippen molar-refractivity contribution in [2.24, 2.45) is 11.8 Å². The van der Waals surface area contributed by atoms with E-state index in [4.69, 9.17) is 4.74 Å². The predicted molar refractivity (Wildman–Crippen MR) is 121 cm³/mol. The van der Waals surface area contributed by atoms with Crippen LogP contribution in [0, 0.1) is 17.7 Å². The first kappa shape index (κ1) is 22.7. The summed E-state index contributed by atoms with van der Waals surface area (Å²) in [4.78, 5) is 0. The summed E-state index contributed by atoms with van der Waals surface area (Å²) in [6, 6.07) is 9.12. The van der Waals surface area contributed by atoms with E-state index in [0.717, 1.165) is 30.2 Å². The Balaban J connectivity index is 1.50. The van der Waals surface area contributed by atoms with Gasteiger partial charge in [0, 0.05) is 11.6 Å². The van der Waals surface area contributed by atoms with E-state index in [2.05, 4.69) is 24.0 Å². The SMILES string of the molecule is CCCCCCOc1ccc(-c2ccc(CCC3CCC(CC)CC3)cc2F)nn1. The Morgan fingerprint density at radius 1 is 0.933 bits per heavy atom. The van der Waals surface area contributed by atoms with Gasteiger partial charge in [-0.1, -0.05) is 71.3 Å². The van der Waals surface area contributed by atoms with Gasteiger partial charge in [0.1, 0.15) is 5.82 Å². The second kappa shape index (κ2) is 12.0. The molecular formula is C26H37FN2O. The van der Waals surface area contributed by atoms with Crippen LogP contribution in [0.1, 0.15) is 83.6 Å². The molecule has 0 saturated heterocycles. The first-order chi connectivity index (χ1) is 14.7. The minimum absolute atomic E-state index is 0.218. The van der Waals surface area contributed by atoms with Crippen LogP contribution in [0.3, 0.4) is 0 Å². The van der Waals surface area contributed by atoms with Gasteiger partial charge in [-0.15, -0.1) is 10.2 Å². The van der Waals surface area contributed by atoms with Crippen LogP contribution in [0.5, 0.6) is 5.88 Å². The lowest BCUT2D eigenvalue weighted by Crippen LogP contribution is -2.14. The van der Waals surface area contributed by atoms with E-state index in [1.165, 1.54) is 57.8 Å². The van der Waals surface area contributed by atoms with E-state index in [0.29, 0.717) is 23.7 Å². The van der Waals surface area contributed by atoms with Gasteiger partial charge in [-0.3, -0.25) is 0 Å². The van der Waals surface area contributed by atoms with Gasteiger partial charge in [-0.2, -0.15) is 0 Å². The number of rotatable bonds is 11. The third kappa shape index (κ3) is 6.78. The molecule has 1 aliphatic rings. The van der Waals surface area contributed by atoms with Crippen molar-refractivity contribution in [1.82, 2.24) is 10.2 Å². The van der Waals surface area contributed by atoms with Gasteiger partial charge in [0.25, 0.3) is 0 Å². The highest BCUT2D eigenvalue weighted by molar-refractivity contribution is 5.60. The maximum Gasteiger partial charge on any atom is 0.233 e. The highest BCUT2D eigenvalue weighted by atomic mass is 19.1. The molecule has 1 heterocycles. The topological polar surface area (TPSA) is 35.0 Å². The van der Waals surface area contributed by atoms with Crippen LogP contribution in [0.4, 0.5) is 4.39 Å². The summed E-state index contributed by atoms with van der Waals surface area (Å²) >= 11 is 0. The van der Waals surface area contributed by atoms with E-state index < -0.39 is 0 Å². The number of halogens is 1. The van der Waals surface area contributed by atoms with Gasteiger partial charge in [0.15, 0.2) is 0 Å². The maximum absolute atomic E-state index is 14.7. The third-order valence-electron chi connectivity index (χ3n) is 6.58. The van der Waals surface area contributed by atoms with Crippen molar-refractivity contribution in [3.05, 3.63) is 41.7 Å². The van der Waals surface area contributed by atoms with E-state index in [-0.39, 0.29) is 5.82 Å². The quantitative estimate of drug-likeness (QED) is 0.361. The fraction of sp³-hybridized carbons (Fsp3) is 0.615. The Labute approximate surface area is 181 Å². The number of aromatic nitrogens is 2. The Morgan fingerprint density at radius 2 is 1.73 bits per heavy atom. The van der Waals surface area contributed by atoms with Gasteiger partial charge in [0.2, 0.25) is 5.88 Å². The molecule has 3 nitrogen and oxygen atoms in total. The standard InChI is InChI=1S/C26H37FN2O/c1-3-5-6-7-18-30-26-17-16-25(28-29-26)23-15-14-22(19-24(23)27)13-12-21-10-8-20(4-2)9-11-21/h14-17,19-21H,3-13,18H2,1-2H3. The summed E-state index contributed by atoms with van der Waals surface area (Å²) in [5.74, 6) is 2.02. The number of aryl methyl sites for hydroxylation is 1. The van der Waals surface area contributed by atoms with Crippen LogP contribution >= 0.6 is 0 Å². The molecule has 0 atom stereocenters. The van der Waals surface area contributed by atoms with Crippen LogP contribution in [0.25, 0.3) is 11.3 Å². The highest BCUT2D eigenvalue weighted by Gasteiger charge is 2.20. The molecule has 1 aromatic carbocycles. The fourth-order valence-electron chi connectivity index (χ4n) is 4.47. The number of ether oxygens (including phenoxy) is 1.